The second kappa shape index (κ2) is 12.7. The smallest absolute Gasteiger partial charge is 0.335 e. The van der Waals surface area contributed by atoms with Crippen molar-refractivity contribution in [2.75, 3.05) is 0 Å². The fourth-order valence-electron chi connectivity index (χ4n) is 4.19. The molecule has 0 fully saturated rings. The summed E-state index contributed by atoms with van der Waals surface area (Å²) in [5.41, 5.74) is 2.90. The van der Waals surface area contributed by atoms with Crippen LogP contribution in [0.15, 0.2) is 97.1 Å². The Labute approximate surface area is 235 Å². The highest BCUT2D eigenvalue weighted by Gasteiger charge is 2.24. The Morgan fingerprint density at radius 2 is 0.756 bits per heavy atom. The minimum absolute atomic E-state index is 0.111. The van der Waals surface area contributed by atoms with E-state index in [9.17, 15) is 29.4 Å². The molecule has 2 unspecified atom stereocenters. The van der Waals surface area contributed by atoms with Crippen molar-refractivity contribution in [3.8, 4) is 11.5 Å². The summed E-state index contributed by atoms with van der Waals surface area (Å²) in [6.45, 7) is 2.60. The summed E-state index contributed by atoms with van der Waals surface area (Å²) in [5, 5.41) is 18.7. The number of aromatic carboxylic acids is 2. The van der Waals surface area contributed by atoms with Crippen molar-refractivity contribution in [2.24, 2.45) is 0 Å². The van der Waals surface area contributed by atoms with Gasteiger partial charge in [-0.25, -0.2) is 9.59 Å². The molecule has 0 aromatic heterocycles. The fourth-order valence-corrected chi connectivity index (χ4v) is 4.19. The second-order valence-corrected chi connectivity index (χ2v) is 9.08. The zero-order valence-corrected chi connectivity index (χ0v) is 22.1. The molecule has 4 aromatic carbocycles. The van der Waals surface area contributed by atoms with Crippen molar-refractivity contribution >= 4 is 23.9 Å². The molecule has 0 radical (unpaired) electrons. The Bertz CT molecular complexity index is 1420. The minimum Gasteiger partial charge on any atom is -0.478 e. The molecule has 9 heteroatoms. The summed E-state index contributed by atoms with van der Waals surface area (Å²) >= 11 is 0. The number of carboxylic acids is 2. The van der Waals surface area contributed by atoms with Crippen LogP contribution < -0.4 is 9.47 Å². The summed E-state index contributed by atoms with van der Waals surface area (Å²) in [5.74, 6) is -2.35. The van der Waals surface area contributed by atoms with Gasteiger partial charge >= 0.3 is 23.9 Å². The molecule has 0 heterocycles. The van der Waals surface area contributed by atoms with E-state index in [0.29, 0.717) is 33.8 Å². The number of carboxylic acid groups (broad SMARTS) is 2. The van der Waals surface area contributed by atoms with E-state index in [1.54, 1.807) is 72.8 Å². The number of benzene rings is 4. The van der Waals surface area contributed by atoms with Gasteiger partial charge in [-0.2, -0.15) is 0 Å². The maximum absolute atomic E-state index is 11.4. The van der Waals surface area contributed by atoms with Crippen LogP contribution in [0.25, 0.3) is 0 Å². The Morgan fingerprint density at radius 1 is 0.488 bits per heavy atom. The summed E-state index contributed by atoms with van der Waals surface area (Å²) in [6.07, 6.45) is -1.44. The van der Waals surface area contributed by atoms with Gasteiger partial charge in [-0.3, -0.25) is 9.59 Å². The number of hydrogen-bond donors (Lipinski definition) is 2. The van der Waals surface area contributed by atoms with Gasteiger partial charge < -0.3 is 24.4 Å². The van der Waals surface area contributed by atoms with E-state index in [0.717, 1.165) is 0 Å². The lowest BCUT2D eigenvalue weighted by molar-refractivity contribution is -0.132. The quantitative estimate of drug-likeness (QED) is 0.183. The van der Waals surface area contributed by atoms with Crippen LogP contribution >= 0.6 is 0 Å². The van der Waals surface area contributed by atoms with E-state index in [2.05, 4.69) is 0 Å². The minimum atomic E-state index is -1.07. The van der Waals surface area contributed by atoms with Gasteiger partial charge in [0, 0.05) is 13.8 Å². The third-order valence-electron chi connectivity index (χ3n) is 6.08. The van der Waals surface area contributed by atoms with Gasteiger partial charge in [0.15, 0.2) is 0 Å². The van der Waals surface area contributed by atoms with Crippen LogP contribution in [-0.4, -0.2) is 34.1 Å². The monoisotopic (exact) mass is 554 g/mol. The highest BCUT2D eigenvalue weighted by Crippen LogP contribution is 2.37. The summed E-state index contributed by atoms with van der Waals surface area (Å²) in [4.78, 5) is 45.7. The van der Waals surface area contributed by atoms with E-state index in [1.807, 2.05) is 0 Å². The van der Waals surface area contributed by atoms with E-state index in [1.165, 1.54) is 38.1 Å². The van der Waals surface area contributed by atoms with Crippen LogP contribution in [0.4, 0.5) is 0 Å². The lowest BCUT2D eigenvalue weighted by Crippen LogP contribution is -2.14. The topological polar surface area (TPSA) is 136 Å². The largest absolute Gasteiger partial charge is 0.478 e. The Kier molecular flexibility index (Phi) is 8.91. The number of rotatable bonds is 10. The molecule has 2 atom stereocenters. The van der Waals surface area contributed by atoms with E-state index in [-0.39, 0.29) is 11.1 Å². The summed E-state index contributed by atoms with van der Waals surface area (Å²) < 4.78 is 17.0. The van der Waals surface area contributed by atoms with Gasteiger partial charge in [-0.1, -0.05) is 48.5 Å². The predicted molar refractivity (Wildman–Crippen MR) is 147 cm³/mol. The fraction of sp³-hybridized carbons (Fsp3) is 0.125. The van der Waals surface area contributed by atoms with Gasteiger partial charge in [0.1, 0.15) is 23.7 Å². The molecule has 0 bridgehead atoms. The van der Waals surface area contributed by atoms with Crippen molar-refractivity contribution in [2.45, 2.75) is 26.1 Å². The van der Waals surface area contributed by atoms with Crippen molar-refractivity contribution in [1.29, 1.82) is 0 Å². The third kappa shape index (κ3) is 7.43. The predicted octanol–water partition coefficient (Wildman–Crippen LogP) is 5.83. The summed E-state index contributed by atoms with van der Waals surface area (Å²) in [6, 6.07) is 26.0. The molecule has 0 aliphatic heterocycles. The van der Waals surface area contributed by atoms with Gasteiger partial charge in [0.05, 0.1) is 11.1 Å². The average Bonchev–Trinajstić information content (AvgIpc) is 2.94. The number of ether oxygens (including phenoxy) is 3. The number of hydrogen-bond acceptors (Lipinski definition) is 7. The number of esters is 2. The third-order valence-corrected chi connectivity index (χ3v) is 6.08. The Hall–Kier alpha value is -5.28. The maximum Gasteiger partial charge on any atom is 0.335 e. The van der Waals surface area contributed by atoms with Crippen LogP contribution in [0, 0.1) is 0 Å². The van der Waals surface area contributed by atoms with Crippen LogP contribution in [-0.2, 0) is 14.3 Å². The molecule has 41 heavy (non-hydrogen) atoms. The van der Waals surface area contributed by atoms with Gasteiger partial charge in [-0.05, 0) is 70.8 Å². The molecule has 9 nitrogen and oxygen atoms in total. The highest BCUT2D eigenvalue weighted by molar-refractivity contribution is 5.88. The maximum atomic E-state index is 11.4. The molecular weight excluding hydrogens is 528 g/mol. The normalized spacial score (nSPS) is 12.1. The molecule has 0 amide bonds. The lowest BCUT2D eigenvalue weighted by Gasteiger charge is -2.27. The molecule has 2 N–H and O–H groups in total. The zero-order chi connectivity index (χ0) is 29.5. The van der Waals surface area contributed by atoms with Crippen molar-refractivity contribution in [3.63, 3.8) is 0 Å². The Morgan fingerprint density at radius 3 is 1.00 bits per heavy atom. The van der Waals surface area contributed by atoms with Crippen LogP contribution in [0.5, 0.6) is 11.5 Å². The van der Waals surface area contributed by atoms with Crippen LogP contribution in [0.2, 0.25) is 0 Å². The molecular formula is C32H26O9. The first-order valence-corrected chi connectivity index (χ1v) is 12.5. The van der Waals surface area contributed by atoms with Crippen molar-refractivity contribution in [1.82, 2.24) is 0 Å². The SMILES string of the molecule is CC(=O)Oc1ccc(C(OC(c2ccc(OC(C)=O)cc2)c2ccc(C(=O)O)cc2)c2ccc(C(=O)O)cc2)cc1. The molecule has 0 saturated heterocycles. The first-order chi connectivity index (χ1) is 19.6. The van der Waals surface area contributed by atoms with Crippen LogP contribution in [0.1, 0.15) is 69.0 Å². The second-order valence-electron chi connectivity index (χ2n) is 9.08. The molecule has 4 rings (SSSR count). The number of carbonyl (C=O) groups is 4. The van der Waals surface area contributed by atoms with Gasteiger partial charge in [-0.15, -0.1) is 0 Å². The van der Waals surface area contributed by atoms with Crippen molar-refractivity contribution in [3.05, 3.63) is 130 Å². The van der Waals surface area contributed by atoms with Crippen LogP contribution in [0.3, 0.4) is 0 Å². The molecule has 0 aliphatic rings. The van der Waals surface area contributed by atoms with E-state index < -0.39 is 36.1 Å². The zero-order valence-electron chi connectivity index (χ0n) is 22.1. The highest BCUT2D eigenvalue weighted by atomic mass is 16.5. The molecule has 0 saturated carbocycles. The van der Waals surface area contributed by atoms with E-state index >= 15 is 0 Å². The standard InChI is InChI=1S/C32H26O9/c1-19(33)39-27-15-11-23(12-16-27)29(21-3-7-25(8-4-21)31(35)36)41-30(22-5-9-26(10-6-22)32(37)38)24-13-17-28(18-14-24)40-20(2)34/h3-18,29-30H,1-2H3,(H,35,36)(H,37,38). The van der Waals surface area contributed by atoms with Crippen molar-refractivity contribution < 1.29 is 43.6 Å². The Balaban J connectivity index is 1.79. The first kappa shape index (κ1) is 28.7. The number of carbonyl (C=O) groups excluding carboxylic acids is 2. The molecule has 0 spiro atoms. The summed E-state index contributed by atoms with van der Waals surface area (Å²) in [7, 11) is 0. The molecule has 208 valence electrons. The average molecular weight is 555 g/mol. The first-order valence-electron chi connectivity index (χ1n) is 12.5. The lowest BCUT2D eigenvalue weighted by atomic mass is 9.96. The molecule has 4 aromatic rings. The van der Waals surface area contributed by atoms with Gasteiger partial charge in [0.25, 0.3) is 0 Å². The van der Waals surface area contributed by atoms with E-state index in [4.69, 9.17) is 14.2 Å². The molecule has 0 aliphatic carbocycles. The van der Waals surface area contributed by atoms with Gasteiger partial charge in [0.2, 0.25) is 0 Å².